The molecule has 0 radical (unpaired) electrons. The maximum atomic E-state index is 11.6. The molecule has 1 saturated heterocycles. The van der Waals surface area contributed by atoms with E-state index in [1.165, 1.54) is 0 Å². The van der Waals surface area contributed by atoms with Crippen molar-refractivity contribution in [3.8, 4) is 0 Å². The number of carbonyl (C=O) groups is 2. The second-order valence-corrected chi connectivity index (χ2v) is 6.35. The lowest BCUT2D eigenvalue weighted by atomic mass is 10.1. The predicted octanol–water partition coefficient (Wildman–Crippen LogP) is 2.29. The van der Waals surface area contributed by atoms with E-state index in [1.807, 2.05) is 0 Å². The van der Waals surface area contributed by atoms with Gasteiger partial charge in [0.1, 0.15) is 11.6 Å². The second kappa shape index (κ2) is 8.95. The van der Waals surface area contributed by atoms with E-state index in [2.05, 4.69) is 5.32 Å². The van der Waals surface area contributed by atoms with E-state index in [9.17, 15) is 9.59 Å². The Morgan fingerprint density at radius 2 is 1.86 bits per heavy atom. The van der Waals surface area contributed by atoms with Crippen LogP contribution in [-0.2, 0) is 19.0 Å². The van der Waals surface area contributed by atoms with Crippen molar-refractivity contribution in [1.82, 2.24) is 5.32 Å². The van der Waals surface area contributed by atoms with Gasteiger partial charge in [0, 0.05) is 0 Å². The van der Waals surface area contributed by atoms with Gasteiger partial charge in [0.25, 0.3) is 0 Å². The summed E-state index contributed by atoms with van der Waals surface area (Å²) in [5.74, 6) is -1.05. The molecule has 0 saturated carbocycles. The third-order valence-corrected chi connectivity index (χ3v) is 3.11. The number of hydrogen-bond donors (Lipinski definition) is 2. The summed E-state index contributed by atoms with van der Waals surface area (Å²) in [4.78, 5) is 22.8. The van der Waals surface area contributed by atoms with E-state index in [0.717, 1.165) is 19.3 Å². The highest BCUT2D eigenvalue weighted by atomic mass is 16.7. The van der Waals surface area contributed by atoms with E-state index in [4.69, 9.17) is 19.3 Å². The van der Waals surface area contributed by atoms with Gasteiger partial charge in [-0.2, -0.15) is 0 Å². The Labute approximate surface area is 131 Å². The lowest BCUT2D eigenvalue weighted by Gasteiger charge is -2.22. The van der Waals surface area contributed by atoms with Crippen LogP contribution in [0.1, 0.15) is 52.9 Å². The third-order valence-electron chi connectivity index (χ3n) is 3.11. The predicted molar refractivity (Wildman–Crippen MR) is 79.6 cm³/mol. The van der Waals surface area contributed by atoms with Gasteiger partial charge in [0.05, 0.1) is 13.2 Å². The second-order valence-electron chi connectivity index (χ2n) is 6.35. The molecule has 1 rings (SSSR count). The molecule has 1 amide bonds. The molecule has 0 aliphatic carbocycles. The van der Waals surface area contributed by atoms with Gasteiger partial charge in [0.2, 0.25) is 0 Å². The minimum absolute atomic E-state index is 0.116. The molecule has 2 N–H and O–H groups in total. The van der Waals surface area contributed by atoms with Crippen LogP contribution in [0.2, 0.25) is 0 Å². The quantitative estimate of drug-likeness (QED) is 0.667. The molecule has 0 bridgehead atoms. The first-order valence-electron chi connectivity index (χ1n) is 7.73. The normalized spacial score (nSPS) is 17.2. The highest BCUT2D eigenvalue weighted by Gasteiger charge is 2.23. The van der Waals surface area contributed by atoms with Crippen LogP contribution in [0.15, 0.2) is 0 Å². The highest BCUT2D eigenvalue weighted by molar-refractivity contribution is 5.79. The molecule has 1 unspecified atom stereocenters. The number of carboxylic acid groups (broad SMARTS) is 1. The number of carboxylic acids is 1. The number of carbonyl (C=O) groups excluding carboxylic acids is 1. The van der Waals surface area contributed by atoms with Crippen LogP contribution in [0.3, 0.4) is 0 Å². The van der Waals surface area contributed by atoms with Crippen LogP contribution in [0, 0.1) is 0 Å². The Balaban J connectivity index is 2.20. The fourth-order valence-electron chi connectivity index (χ4n) is 2.12. The van der Waals surface area contributed by atoms with Crippen LogP contribution < -0.4 is 5.32 Å². The summed E-state index contributed by atoms with van der Waals surface area (Å²) in [6.45, 7) is 6.48. The maximum Gasteiger partial charge on any atom is 0.408 e. The van der Waals surface area contributed by atoms with Crippen molar-refractivity contribution in [1.29, 1.82) is 0 Å². The lowest BCUT2D eigenvalue weighted by Crippen LogP contribution is -2.43. The summed E-state index contributed by atoms with van der Waals surface area (Å²) in [5.41, 5.74) is -0.644. The van der Waals surface area contributed by atoms with Gasteiger partial charge in [-0.15, -0.1) is 0 Å². The first-order chi connectivity index (χ1) is 10.3. The zero-order chi connectivity index (χ0) is 16.6. The van der Waals surface area contributed by atoms with Crippen LogP contribution >= 0.6 is 0 Å². The fourth-order valence-corrected chi connectivity index (χ4v) is 2.12. The average Bonchev–Trinajstić information content (AvgIpc) is 2.87. The monoisotopic (exact) mass is 317 g/mol. The summed E-state index contributed by atoms with van der Waals surface area (Å²) in [6, 6.07) is -0.922. The average molecular weight is 317 g/mol. The molecule has 0 aromatic carbocycles. The number of rotatable bonds is 8. The van der Waals surface area contributed by atoms with Crippen molar-refractivity contribution in [2.45, 2.75) is 70.8 Å². The molecule has 0 aromatic rings. The highest BCUT2D eigenvalue weighted by Crippen LogP contribution is 2.14. The third kappa shape index (κ3) is 8.19. The van der Waals surface area contributed by atoms with E-state index in [0.29, 0.717) is 26.1 Å². The molecule has 1 fully saturated rings. The zero-order valence-electron chi connectivity index (χ0n) is 13.6. The minimum atomic E-state index is -1.05. The van der Waals surface area contributed by atoms with Gasteiger partial charge < -0.3 is 24.6 Å². The Hall–Kier alpha value is -1.34. The topological polar surface area (TPSA) is 94.1 Å². The number of nitrogens with one attached hydrogen (secondary N) is 1. The number of ether oxygens (including phenoxy) is 3. The van der Waals surface area contributed by atoms with Crippen LogP contribution in [0.4, 0.5) is 4.79 Å². The van der Waals surface area contributed by atoms with Gasteiger partial charge in [0.15, 0.2) is 6.29 Å². The van der Waals surface area contributed by atoms with Crippen molar-refractivity contribution in [3.05, 3.63) is 0 Å². The molecule has 1 heterocycles. The van der Waals surface area contributed by atoms with E-state index >= 15 is 0 Å². The molecule has 7 nitrogen and oxygen atoms in total. The van der Waals surface area contributed by atoms with Gasteiger partial charge in [-0.1, -0.05) is 12.8 Å². The smallest absolute Gasteiger partial charge is 0.408 e. The zero-order valence-corrected chi connectivity index (χ0v) is 13.6. The van der Waals surface area contributed by atoms with Crippen LogP contribution in [0.5, 0.6) is 0 Å². The molecule has 1 aliphatic heterocycles. The molecule has 22 heavy (non-hydrogen) atoms. The Morgan fingerprint density at radius 1 is 1.23 bits per heavy atom. The Bertz CT molecular complexity index is 360. The lowest BCUT2D eigenvalue weighted by molar-refractivity contribution is -0.139. The first kappa shape index (κ1) is 18.7. The molecule has 7 heteroatoms. The summed E-state index contributed by atoms with van der Waals surface area (Å²) < 4.78 is 15.7. The largest absolute Gasteiger partial charge is 0.480 e. The number of hydrogen-bond acceptors (Lipinski definition) is 5. The number of unbranched alkanes of at least 4 members (excludes halogenated alkanes) is 2. The maximum absolute atomic E-state index is 11.6. The van der Waals surface area contributed by atoms with E-state index in [1.54, 1.807) is 20.8 Å². The number of alkyl carbamates (subject to hydrolysis) is 1. The number of aliphatic carboxylic acids is 1. The SMILES string of the molecule is CC(C)(C)OC(=O)NC(CCCCCC1OCCO1)C(=O)O. The van der Waals surface area contributed by atoms with Gasteiger partial charge in [-0.3, -0.25) is 0 Å². The molecule has 128 valence electrons. The summed E-state index contributed by atoms with van der Waals surface area (Å²) in [5, 5.41) is 11.5. The molecular formula is C15H27NO6. The molecular weight excluding hydrogens is 290 g/mol. The number of amides is 1. The standard InChI is InChI=1S/C15H27NO6/c1-15(2,3)22-14(19)16-11(13(17)18)7-5-4-6-8-12-20-9-10-21-12/h11-12H,4-10H2,1-3H3,(H,16,19)(H,17,18). The van der Waals surface area contributed by atoms with Gasteiger partial charge >= 0.3 is 12.1 Å². The van der Waals surface area contributed by atoms with E-state index in [-0.39, 0.29) is 6.29 Å². The van der Waals surface area contributed by atoms with Crippen molar-refractivity contribution in [2.24, 2.45) is 0 Å². The summed E-state index contributed by atoms with van der Waals surface area (Å²) in [6.07, 6.45) is 2.85. The Morgan fingerprint density at radius 3 is 2.41 bits per heavy atom. The minimum Gasteiger partial charge on any atom is -0.480 e. The van der Waals surface area contributed by atoms with Gasteiger partial charge in [-0.05, 0) is 40.0 Å². The molecule has 0 aromatic heterocycles. The van der Waals surface area contributed by atoms with Crippen molar-refractivity contribution in [2.75, 3.05) is 13.2 Å². The summed E-state index contributed by atoms with van der Waals surface area (Å²) in [7, 11) is 0. The fraction of sp³-hybridized carbons (Fsp3) is 0.867. The van der Waals surface area contributed by atoms with Gasteiger partial charge in [-0.25, -0.2) is 9.59 Å². The first-order valence-corrected chi connectivity index (χ1v) is 7.73. The molecule has 1 atom stereocenters. The van der Waals surface area contributed by atoms with Crippen molar-refractivity contribution >= 4 is 12.1 Å². The molecule has 0 spiro atoms. The Kier molecular flexibility index (Phi) is 7.61. The van der Waals surface area contributed by atoms with Crippen molar-refractivity contribution in [3.63, 3.8) is 0 Å². The molecule has 1 aliphatic rings. The van der Waals surface area contributed by atoms with Crippen LogP contribution in [0.25, 0.3) is 0 Å². The van der Waals surface area contributed by atoms with Crippen molar-refractivity contribution < 1.29 is 28.9 Å². The van der Waals surface area contributed by atoms with Crippen LogP contribution in [-0.4, -0.2) is 48.3 Å². The van der Waals surface area contributed by atoms with E-state index < -0.39 is 23.7 Å². The summed E-state index contributed by atoms with van der Waals surface area (Å²) >= 11 is 0.